The summed E-state index contributed by atoms with van der Waals surface area (Å²) in [4.78, 5) is 1.34. The SMILES string of the molecule is CC1(c2nnc(C(C)(C)c3ccc(Br)s3)n2C2CC2)CC1. The van der Waals surface area contributed by atoms with Gasteiger partial charge in [-0.3, -0.25) is 0 Å². The van der Waals surface area contributed by atoms with Crippen LogP contribution in [0, 0.1) is 0 Å². The van der Waals surface area contributed by atoms with Crippen LogP contribution in [0.5, 0.6) is 0 Å². The molecule has 2 aliphatic rings. The predicted octanol–water partition coefficient (Wildman–Crippen LogP) is 4.81. The van der Waals surface area contributed by atoms with E-state index in [-0.39, 0.29) is 10.8 Å². The van der Waals surface area contributed by atoms with Crippen molar-refractivity contribution in [3.05, 3.63) is 32.4 Å². The number of halogens is 1. The fourth-order valence-electron chi connectivity index (χ4n) is 2.98. The first-order valence-electron chi connectivity index (χ1n) is 7.63. The molecule has 0 atom stereocenters. The molecule has 0 saturated heterocycles. The average Bonchev–Trinajstić information content (AvgIpc) is 3.32. The molecule has 2 aliphatic carbocycles. The highest BCUT2D eigenvalue weighted by Gasteiger charge is 2.48. The Kier molecular flexibility index (Phi) is 2.93. The van der Waals surface area contributed by atoms with Crippen LogP contribution >= 0.6 is 27.3 Å². The fourth-order valence-corrected chi connectivity index (χ4v) is 4.46. The Morgan fingerprint density at radius 1 is 1.29 bits per heavy atom. The van der Waals surface area contributed by atoms with E-state index in [0.717, 1.165) is 5.82 Å². The van der Waals surface area contributed by atoms with E-state index in [1.165, 1.54) is 40.2 Å². The molecule has 2 heterocycles. The minimum atomic E-state index is -0.0875. The second-order valence-corrected chi connectivity index (χ2v) is 9.70. The van der Waals surface area contributed by atoms with E-state index in [0.29, 0.717) is 6.04 Å². The third-order valence-corrected chi connectivity index (χ3v) is 6.84. The maximum Gasteiger partial charge on any atom is 0.144 e. The van der Waals surface area contributed by atoms with Crippen molar-refractivity contribution in [1.82, 2.24) is 14.8 Å². The number of hydrogen-bond donors (Lipinski definition) is 0. The average molecular weight is 366 g/mol. The van der Waals surface area contributed by atoms with E-state index in [9.17, 15) is 0 Å². The zero-order valence-corrected chi connectivity index (χ0v) is 15.1. The summed E-state index contributed by atoms with van der Waals surface area (Å²) in [6.45, 7) is 6.87. The van der Waals surface area contributed by atoms with E-state index in [1.54, 1.807) is 11.3 Å². The van der Waals surface area contributed by atoms with Crippen LogP contribution < -0.4 is 0 Å². The largest absolute Gasteiger partial charge is 0.311 e. The molecule has 2 fully saturated rings. The van der Waals surface area contributed by atoms with Crippen LogP contribution in [0.1, 0.15) is 69.0 Å². The van der Waals surface area contributed by atoms with Crippen molar-refractivity contribution in [2.75, 3.05) is 0 Å². The molecule has 2 saturated carbocycles. The molecule has 0 spiro atoms. The van der Waals surface area contributed by atoms with Gasteiger partial charge in [-0.15, -0.1) is 21.5 Å². The molecule has 0 N–H and O–H groups in total. The normalized spacial score (nSPS) is 20.8. The lowest BCUT2D eigenvalue weighted by molar-refractivity contribution is 0.519. The Bertz CT molecular complexity index is 692. The Hall–Kier alpha value is -0.680. The summed E-state index contributed by atoms with van der Waals surface area (Å²) < 4.78 is 3.65. The minimum absolute atomic E-state index is 0.0875. The zero-order chi connectivity index (χ0) is 14.8. The molecule has 0 unspecified atom stereocenters. The number of thiophene rings is 1. The summed E-state index contributed by atoms with van der Waals surface area (Å²) in [7, 11) is 0. The van der Waals surface area contributed by atoms with Crippen molar-refractivity contribution in [2.24, 2.45) is 0 Å². The van der Waals surface area contributed by atoms with Gasteiger partial charge in [-0.2, -0.15) is 0 Å². The van der Waals surface area contributed by atoms with Gasteiger partial charge in [-0.25, -0.2) is 0 Å². The molecule has 0 radical (unpaired) electrons. The summed E-state index contributed by atoms with van der Waals surface area (Å²) in [6.07, 6.45) is 5.06. The molecular weight excluding hydrogens is 346 g/mol. The molecule has 4 rings (SSSR count). The van der Waals surface area contributed by atoms with Crippen molar-refractivity contribution in [3.8, 4) is 0 Å². The number of rotatable bonds is 4. The van der Waals surface area contributed by atoms with Crippen molar-refractivity contribution in [1.29, 1.82) is 0 Å². The van der Waals surface area contributed by atoms with Gasteiger partial charge in [0, 0.05) is 16.3 Å². The van der Waals surface area contributed by atoms with Crippen molar-refractivity contribution >= 4 is 27.3 Å². The maximum atomic E-state index is 4.65. The van der Waals surface area contributed by atoms with E-state index in [2.05, 4.69) is 63.6 Å². The molecule has 2 aromatic heterocycles. The van der Waals surface area contributed by atoms with Gasteiger partial charge in [-0.1, -0.05) is 6.92 Å². The van der Waals surface area contributed by atoms with Crippen LogP contribution in [0.4, 0.5) is 0 Å². The summed E-state index contributed by atoms with van der Waals surface area (Å²) in [5.74, 6) is 2.37. The van der Waals surface area contributed by atoms with E-state index >= 15 is 0 Å². The topological polar surface area (TPSA) is 30.7 Å². The van der Waals surface area contributed by atoms with Gasteiger partial charge in [0.2, 0.25) is 0 Å². The highest BCUT2D eigenvalue weighted by molar-refractivity contribution is 9.11. The molecule has 5 heteroatoms. The Morgan fingerprint density at radius 2 is 2.00 bits per heavy atom. The maximum absolute atomic E-state index is 4.65. The highest BCUT2D eigenvalue weighted by Crippen LogP contribution is 2.51. The smallest absolute Gasteiger partial charge is 0.144 e. The molecule has 2 aromatic rings. The van der Waals surface area contributed by atoms with Crippen LogP contribution in [0.2, 0.25) is 0 Å². The third-order valence-electron chi connectivity index (χ3n) is 4.90. The van der Waals surface area contributed by atoms with Gasteiger partial charge in [0.05, 0.1) is 9.20 Å². The first kappa shape index (κ1) is 13.9. The van der Waals surface area contributed by atoms with Gasteiger partial charge in [0.15, 0.2) is 0 Å². The van der Waals surface area contributed by atoms with Crippen molar-refractivity contribution < 1.29 is 0 Å². The summed E-state index contributed by atoms with van der Waals surface area (Å²) in [5.41, 5.74) is 0.190. The summed E-state index contributed by atoms with van der Waals surface area (Å²) in [6, 6.07) is 4.96. The molecule has 3 nitrogen and oxygen atoms in total. The summed E-state index contributed by atoms with van der Waals surface area (Å²) in [5, 5.41) is 9.26. The second-order valence-electron chi connectivity index (χ2n) is 7.24. The lowest BCUT2D eigenvalue weighted by Gasteiger charge is -2.24. The van der Waals surface area contributed by atoms with E-state index in [4.69, 9.17) is 0 Å². The number of aromatic nitrogens is 3. The zero-order valence-electron chi connectivity index (χ0n) is 12.7. The molecule has 0 aliphatic heterocycles. The number of nitrogens with zero attached hydrogens (tertiary/aromatic N) is 3. The lowest BCUT2D eigenvalue weighted by Crippen LogP contribution is -2.25. The first-order chi connectivity index (χ1) is 9.92. The standard InChI is InChI=1S/C16H20BrN3S/c1-15(2,11-6-7-12(17)21-11)13-18-19-14(16(3)8-9-16)20(13)10-4-5-10/h6-7,10H,4-5,8-9H2,1-3H3. The predicted molar refractivity (Wildman–Crippen MR) is 89.0 cm³/mol. The quantitative estimate of drug-likeness (QED) is 0.777. The van der Waals surface area contributed by atoms with Crippen LogP contribution in [-0.2, 0) is 10.8 Å². The fraction of sp³-hybridized carbons (Fsp3) is 0.625. The first-order valence-corrected chi connectivity index (χ1v) is 9.24. The Morgan fingerprint density at radius 3 is 2.52 bits per heavy atom. The third kappa shape index (κ3) is 2.20. The van der Waals surface area contributed by atoms with Gasteiger partial charge >= 0.3 is 0 Å². The van der Waals surface area contributed by atoms with Gasteiger partial charge in [0.25, 0.3) is 0 Å². The van der Waals surface area contributed by atoms with Gasteiger partial charge in [-0.05, 0) is 67.6 Å². The monoisotopic (exact) mass is 365 g/mol. The second kappa shape index (κ2) is 4.42. The van der Waals surface area contributed by atoms with Crippen LogP contribution in [0.3, 0.4) is 0 Å². The molecule has 112 valence electrons. The van der Waals surface area contributed by atoms with Crippen molar-refractivity contribution in [2.45, 2.75) is 63.3 Å². The van der Waals surface area contributed by atoms with Crippen LogP contribution in [0.15, 0.2) is 15.9 Å². The van der Waals surface area contributed by atoms with Crippen molar-refractivity contribution in [3.63, 3.8) is 0 Å². The molecule has 0 aromatic carbocycles. The Balaban J connectivity index is 1.83. The summed E-state index contributed by atoms with van der Waals surface area (Å²) >= 11 is 5.38. The minimum Gasteiger partial charge on any atom is -0.311 e. The van der Waals surface area contributed by atoms with Gasteiger partial charge in [0.1, 0.15) is 11.6 Å². The highest BCUT2D eigenvalue weighted by atomic mass is 79.9. The Labute approximate surface area is 137 Å². The molecule has 0 bridgehead atoms. The van der Waals surface area contributed by atoms with Gasteiger partial charge < -0.3 is 4.57 Å². The van der Waals surface area contributed by atoms with Crippen LogP contribution in [-0.4, -0.2) is 14.8 Å². The van der Waals surface area contributed by atoms with E-state index in [1.807, 2.05) is 0 Å². The molecular formula is C16H20BrN3S. The lowest BCUT2D eigenvalue weighted by atomic mass is 9.90. The molecule has 21 heavy (non-hydrogen) atoms. The van der Waals surface area contributed by atoms with Crippen LogP contribution in [0.25, 0.3) is 0 Å². The number of hydrogen-bond acceptors (Lipinski definition) is 3. The van der Waals surface area contributed by atoms with E-state index < -0.39 is 0 Å². The molecule has 0 amide bonds.